The number of amides is 2. The van der Waals surface area contributed by atoms with Crippen LogP contribution in [0.5, 0.6) is 0 Å². The van der Waals surface area contributed by atoms with Gasteiger partial charge in [-0.2, -0.15) is 0 Å². The van der Waals surface area contributed by atoms with Crippen molar-refractivity contribution >= 4 is 23.3 Å². The summed E-state index contributed by atoms with van der Waals surface area (Å²) < 4.78 is 4.97. The average molecular weight is 418 g/mol. The van der Waals surface area contributed by atoms with Crippen LogP contribution in [0.1, 0.15) is 49.9 Å². The van der Waals surface area contributed by atoms with E-state index in [-0.39, 0.29) is 30.3 Å². The Morgan fingerprint density at radius 1 is 1.27 bits per heavy atom. The molecule has 8 nitrogen and oxygen atoms in total. The molecule has 1 aromatic rings. The van der Waals surface area contributed by atoms with Crippen molar-refractivity contribution in [3.05, 3.63) is 35.0 Å². The summed E-state index contributed by atoms with van der Waals surface area (Å²) in [5.74, 6) is -0.693. The average Bonchev–Trinajstić information content (AvgIpc) is 3.20. The number of ether oxygens (including phenoxy) is 1. The van der Waals surface area contributed by atoms with Gasteiger partial charge >= 0.3 is 0 Å². The summed E-state index contributed by atoms with van der Waals surface area (Å²) >= 11 is 0. The normalized spacial score (nSPS) is 24.6. The van der Waals surface area contributed by atoms with Gasteiger partial charge in [-0.05, 0) is 43.7 Å². The highest BCUT2D eigenvalue weighted by Gasteiger charge is 2.55. The topological polar surface area (TPSA) is 108 Å². The van der Waals surface area contributed by atoms with Crippen molar-refractivity contribution in [2.75, 3.05) is 20.7 Å². The predicted octanol–water partition coefficient (Wildman–Crippen LogP) is 1.90. The quantitative estimate of drug-likeness (QED) is 0.520. The van der Waals surface area contributed by atoms with E-state index < -0.39 is 22.1 Å². The molecule has 0 spiro atoms. The van der Waals surface area contributed by atoms with Crippen LogP contribution in [-0.2, 0) is 14.3 Å². The third kappa shape index (κ3) is 4.55. The molecule has 0 bridgehead atoms. The molecule has 3 rings (SSSR count). The molecule has 1 saturated heterocycles. The van der Waals surface area contributed by atoms with E-state index >= 15 is 0 Å². The van der Waals surface area contributed by atoms with Gasteiger partial charge in [0.25, 0.3) is 5.91 Å². The Kier molecular flexibility index (Phi) is 6.31. The first-order chi connectivity index (χ1) is 14.0. The lowest BCUT2D eigenvalue weighted by Crippen LogP contribution is -2.60. The lowest BCUT2D eigenvalue weighted by atomic mass is 9.91. The summed E-state index contributed by atoms with van der Waals surface area (Å²) in [6.45, 7) is 3.96. The molecule has 1 aliphatic carbocycles. The zero-order chi connectivity index (χ0) is 22.1. The minimum atomic E-state index is -0.962. The molecular weight excluding hydrogens is 386 g/mol. The monoisotopic (exact) mass is 417 g/mol. The standard InChI is InChI=1S/C22H31N3O5/c1-14(2)12-17(21(28)24-22-11-5-6-19(22)30-13-18(22)26)23-20(27)15-7-9-16(10-8-15)25(3,4)29/h7-10,14,17,19H,5-6,11-13H2,1-4H3,(H,23,27)(H,24,28). The van der Waals surface area contributed by atoms with Crippen LogP contribution in [0.4, 0.5) is 5.69 Å². The van der Waals surface area contributed by atoms with Gasteiger partial charge in [-0.15, -0.1) is 0 Å². The lowest BCUT2D eigenvalue weighted by molar-refractivity contribution is -0.131. The maximum absolute atomic E-state index is 13.1. The summed E-state index contributed by atoms with van der Waals surface area (Å²) in [5.41, 5.74) is -0.0730. The minimum Gasteiger partial charge on any atom is -0.628 e. The van der Waals surface area contributed by atoms with E-state index in [4.69, 9.17) is 4.74 Å². The van der Waals surface area contributed by atoms with Gasteiger partial charge in [0.2, 0.25) is 5.91 Å². The number of ketones is 1. The summed E-state index contributed by atoms with van der Waals surface area (Å²) in [6, 6.07) is 5.60. The molecule has 1 aliphatic heterocycles. The van der Waals surface area contributed by atoms with Crippen molar-refractivity contribution in [3.8, 4) is 0 Å². The van der Waals surface area contributed by atoms with Gasteiger partial charge in [-0.25, -0.2) is 0 Å². The molecule has 1 saturated carbocycles. The Balaban J connectivity index is 1.73. The van der Waals surface area contributed by atoms with Gasteiger partial charge in [0, 0.05) is 17.7 Å². The molecule has 3 atom stereocenters. The molecule has 30 heavy (non-hydrogen) atoms. The smallest absolute Gasteiger partial charge is 0.251 e. The van der Waals surface area contributed by atoms with Gasteiger partial charge in [0.05, 0.1) is 20.2 Å². The number of carbonyl (C=O) groups excluding carboxylic acids is 3. The van der Waals surface area contributed by atoms with E-state index in [1.807, 2.05) is 13.8 Å². The fourth-order valence-corrected chi connectivity index (χ4v) is 4.26. The molecule has 0 radical (unpaired) electrons. The molecule has 2 aliphatic rings. The van der Waals surface area contributed by atoms with E-state index in [1.165, 1.54) is 14.1 Å². The van der Waals surface area contributed by atoms with E-state index in [0.717, 1.165) is 12.8 Å². The Bertz CT molecular complexity index is 815. The van der Waals surface area contributed by atoms with E-state index in [0.29, 0.717) is 24.1 Å². The molecule has 164 valence electrons. The highest BCUT2D eigenvalue weighted by Crippen LogP contribution is 2.38. The highest BCUT2D eigenvalue weighted by atomic mass is 16.5. The van der Waals surface area contributed by atoms with Gasteiger partial charge in [-0.1, -0.05) is 13.8 Å². The largest absolute Gasteiger partial charge is 0.628 e. The van der Waals surface area contributed by atoms with E-state index in [9.17, 15) is 19.6 Å². The number of hydroxylamine groups is 2. The van der Waals surface area contributed by atoms with Crippen LogP contribution >= 0.6 is 0 Å². The fraction of sp³-hybridized carbons (Fsp3) is 0.591. The van der Waals surface area contributed by atoms with Gasteiger partial charge < -0.3 is 25.2 Å². The zero-order valence-electron chi connectivity index (χ0n) is 18.1. The molecule has 2 fully saturated rings. The Morgan fingerprint density at radius 2 is 1.93 bits per heavy atom. The first-order valence-electron chi connectivity index (χ1n) is 10.5. The molecule has 8 heteroatoms. The molecule has 2 amide bonds. The number of fused-ring (bicyclic) bond motifs is 1. The molecule has 2 N–H and O–H groups in total. The number of nitrogens with zero attached hydrogens (tertiary/aromatic N) is 1. The van der Waals surface area contributed by atoms with Crippen molar-refractivity contribution in [3.63, 3.8) is 0 Å². The summed E-state index contributed by atoms with van der Waals surface area (Å²) in [4.78, 5) is 38.3. The number of hydrogen-bond acceptors (Lipinski definition) is 5. The van der Waals surface area contributed by atoms with Crippen LogP contribution in [0.15, 0.2) is 24.3 Å². The second-order valence-electron chi connectivity index (χ2n) is 9.13. The first-order valence-corrected chi connectivity index (χ1v) is 10.5. The number of Topliss-reactive ketones (excluding diaryl/α,β-unsaturated/α-hetero) is 1. The van der Waals surface area contributed by atoms with Crippen LogP contribution < -0.4 is 15.3 Å². The van der Waals surface area contributed by atoms with Crippen molar-refractivity contribution < 1.29 is 19.1 Å². The van der Waals surface area contributed by atoms with Crippen LogP contribution in [0.25, 0.3) is 0 Å². The van der Waals surface area contributed by atoms with Crippen LogP contribution in [0, 0.1) is 11.1 Å². The molecule has 3 unspecified atom stereocenters. The van der Waals surface area contributed by atoms with E-state index in [1.54, 1.807) is 24.3 Å². The molecule has 1 aromatic carbocycles. The number of rotatable bonds is 7. The van der Waals surface area contributed by atoms with Crippen molar-refractivity contribution in [2.45, 2.75) is 57.2 Å². The number of nitrogens with one attached hydrogen (secondary N) is 2. The summed E-state index contributed by atoms with van der Waals surface area (Å²) in [6.07, 6.45) is 2.28. The number of carbonyl (C=O) groups is 3. The zero-order valence-corrected chi connectivity index (χ0v) is 18.1. The summed E-state index contributed by atoms with van der Waals surface area (Å²) in [7, 11) is 3.00. The lowest BCUT2D eigenvalue weighted by Gasteiger charge is -2.33. The SMILES string of the molecule is CC(C)CC(NC(=O)c1ccc([N+](C)(C)[O-])cc1)C(=O)NC12CCCC1OCC2=O. The van der Waals surface area contributed by atoms with Gasteiger partial charge in [0.15, 0.2) is 5.78 Å². The maximum atomic E-state index is 13.1. The van der Waals surface area contributed by atoms with Crippen LogP contribution in [-0.4, -0.2) is 56.0 Å². The highest BCUT2D eigenvalue weighted by molar-refractivity contribution is 6.00. The Hall–Kier alpha value is -2.29. The molecule has 0 aromatic heterocycles. The van der Waals surface area contributed by atoms with E-state index in [2.05, 4.69) is 10.6 Å². The van der Waals surface area contributed by atoms with Crippen LogP contribution in [0.3, 0.4) is 0 Å². The molecular formula is C22H31N3O5. The Morgan fingerprint density at radius 3 is 2.53 bits per heavy atom. The second kappa shape index (κ2) is 8.45. The number of quaternary nitrogens is 1. The number of benzene rings is 1. The van der Waals surface area contributed by atoms with Gasteiger partial charge in [-0.3, -0.25) is 14.4 Å². The minimum absolute atomic E-state index is 0.0209. The van der Waals surface area contributed by atoms with Gasteiger partial charge in [0.1, 0.15) is 23.9 Å². The van der Waals surface area contributed by atoms with Crippen molar-refractivity contribution in [1.82, 2.24) is 15.3 Å². The predicted molar refractivity (Wildman–Crippen MR) is 114 cm³/mol. The third-order valence-corrected chi connectivity index (χ3v) is 5.93. The summed E-state index contributed by atoms with van der Waals surface area (Å²) in [5, 5.41) is 17.7. The first kappa shape index (κ1) is 22.4. The fourth-order valence-electron chi connectivity index (χ4n) is 4.26. The number of hydrogen-bond donors (Lipinski definition) is 2. The van der Waals surface area contributed by atoms with Crippen molar-refractivity contribution in [2.24, 2.45) is 5.92 Å². The maximum Gasteiger partial charge on any atom is 0.251 e. The third-order valence-electron chi connectivity index (χ3n) is 5.93. The van der Waals surface area contributed by atoms with Crippen LogP contribution in [0.2, 0.25) is 0 Å². The second-order valence-corrected chi connectivity index (χ2v) is 9.13. The molecule has 1 heterocycles. The Labute approximate surface area is 177 Å². The van der Waals surface area contributed by atoms with Crippen molar-refractivity contribution in [1.29, 1.82) is 0 Å².